The summed E-state index contributed by atoms with van der Waals surface area (Å²) in [6, 6.07) is 18.1. The summed E-state index contributed by atoms with van der Waals surface area (Å²) in [5.41, 5.74) is 1.51. The van der Waals surface area contributed by atoms with Crippen molar-refractivity contribution in [2.75, 3.05) is 18.0 Å². The highest BCUT2D eigenvalue weighted by Gasteiger charge is 2.38. The third-order valence-corrected chi connectivity index (χ3v) is 5.55. The van der Waals surface area contributed by atoms with E-state index in [1.165, 1.54) is 6.07 Å². The van der Waals surface area contributed by atoms with Gasteiger partial charge < -0.3 is 15.0 Å². The zero-order chi connectivity index (χ0) is 24.8. The van der Waals surface area contributed by atoms with Gasteiger partial charge in [-0.1, -0.05) is 30.3 Å². The van der Waals surface area contributed by atoms with Gasteiger partial charge in [0.15, 0.2) is 0 Å². The standard InChI is InChI=1S/C25H22F3N5O2/c26-25(27,28)24-31-21(15-22(32-24)35-19-5-2-1-3-6-19)33-14-4-7-20(33)23(34)30-13-12-17-8-10-18(16-29)11-9-17/h1-3,5-6,8-11,15,20H,4,7,12-14H2,(H,30,34)/t20-/m0/s1. The molecule has 1 aliphatic rings. The van der Waals surface area contributed by atoms with Gasteiger partial charge in [-0.25, -0.2) is 4.98 Å². The van der Waals surface area contributed by atoms with E-state index in [-0.39, 0.29) is 17.6 Å². The van der Waals surface area contributed by atoms with Gasteiger partial charge in [0.1, 0.15) is 17.6 Å². The Hall–Kier alpha value is -4.13. The van der Waals surface area contributed by atoms with Crippen LogP contribution in [-0.4, -0.2) is 35.0 Å². The van der Waals surface area contributed by atoms with E-state index in [0.717, 1.165) is 5.56 Å². The van der Waals surface area contributed by atoms with Crippen molar-refractivity contribution in [2.24, 2.45) is 0 Å². The minimum Gasteiger partial charge on any atom is -0.439 e. The number of hydrogen-bond donors (Lipinski definition) is 1. The minimum atomic E-state index is -4.77. The fourth-order valence-electron chi connectivity index (χ4n) is 3.86. The van der Waals surface area contributed by atoms with Crippen molar-refractivity contribution in [3.8, 4) is 17.7 Å². The van der Waals surface area contributed by atoms with Crippen molar-refractivity contribution in [1.29, 1.82) is 5.26 Å². The second-order valence-corrected chi connectivity index (χ2v) is 8.00. The number of halogens is 3. The number of nitriles is 1. The Bertz CT molecular complexity index is 1210. The summed E-state index contributed by atoms with van der Waals surface area (Å²) >= 11 is 0. The van der Waals surface area contributed by atoms with E-state index in [9.17, 15) is 18.0 Å². The highest BCUT2D eigenvalue weighted by atomic mass is 19.4. The third-order valence-electron chi connectivity index (χ3n) is 5.55. The van der Waals surface area contributed by atoms with Gasteiger partial charge in [-0.2, -0.15) is 23.4 Å². The summed E-state index contributed by atoms with van der Waals surface area (Å²) in [6.07, 6.45) is -3.09. The van der Waals surface area contributed by atoms with Crippen LogP contribution in [0.15, 0.2) is 60.7 Å². The normalized spacial score (nSPS) is 15.5. The lowest BCUT2D eigenvalue weighted by Crippen LogP contribution is -2.44. The number of carbonyl (C=O) groups is 1. The van der Waals surface area contributed by atoms with E-state index in [2.05, 4.69) is 21.4 Å². The molecule has 1 atom stereocenters. The number of hydrogen-bond acceptors (Lipinski definition) is 6. The Kier molecular flexibility index (Phi) is 7.15. The molecule has 1 aliphatic heterocycles. The van der Waals surface area contributed by atoms with Crippen LogP contribution >= 0.6 is 0 Å². The molecule has 180 valence electrons. The van der Waals surface area contributed by atoms with E-state index < -0.39 is 18.0 Å². The smallest absolute Gasteiger partial charge is 0.439 e. The number of alkyl halides is 3. The molecule has 0 spiro atoms. The summed E-state index contributed by atoms with van der Waals surface area (Å²) in [7, 11) is 0. The number of amides is 1. The molecule has 0 aliphatic carbocycles. The number of anilines is 1. The Balaban J connectivity index is 1.48. The topological polar surface area (TPSA) is 91.1 Å². The van der Waals surface area contributed by atoms with E-state index >= 15 is 0 Å². The average molecular weight is 481 g/mol. The quantitative estimate of drug-likeness (QED) is 0.535. The molecule has 1 fully saturated rings. The first kappa shape index (κ1) is 24.0. The number of ether oxygens (including phenoxy) is 1. The molecule has 35 heavy (non-hydrogen) atoms. The maximum atomic E-state index is 13.5. The Morgan fingerprint density at radius 2 is 1.89 bits per heavy atom. The Morgan fingerprint density at radius 1 is 1.14 bits per heavy atom. The van der Waals surface area contributed by atoms with Crippen molar-refractivity contribution < 1.29 is 22.7 Å². The van der Waals surface area contributed by atoms with Gasteiger partial charge in [-0.15, -0.1) is 0 Å². The first-order chi connectivity index (χ1) is 16.8. The van der Waals surface area contributed by atoms with Crippen molar-refractivity contribution >= 4 is 11.7 Å². The average Bonchev–Trinajstić information content (AvgIpc) is 3.35. The maximum Gasteiger partial charge on any atom is 0.451 e. The van der Waals surface area contributed by atoms with Gasteiger partial charge in [0.05, 0.1) is 11.6 Å². The molecule has 0 bridgehead atoms. The number of rotatable bonds is 7. The molecule has 7 nitrogen and oxygen atoms in total. The van der Waals surface area contributed by atoms with Gasteiger partial charge in [0, 0.05) is 19.2 Å². The lowest BCUT2D eigenvalue weighted by Gasteiger charge is -2.25. The van der Waals surface area contributed by atoms with Crippen LogP contribution in [0, 0.1) is 11.3 Å². The molecule has 0 saturated carbocycles. The molecular weight excluding hydrogens is 459 g/mol. The van der Waals surface area contributed by atoms with Crippen molar-refractivity contribution in [2.45, 2.75) is 31.5 Å². The van der Waals surface area contributed by atoms with Crippen LogP contribution in [0.4, 0.5) is 19.0 Å². The highest BCUT2D eigenvalue weighted by molar-refractivity contribution is 5.85. The molecule has 4 rings (SSSR count). The summed E-state index contributed by atoms with van der Waals surface area (Å²) < 4.78 is 46.1. The molecule has 1 saturated heterocycles. The Labute approximate surface area is 200 Å². The van der Waals surface area contributed by atoms with Crippen LogP contribution in [-0.2, 0) is 17.4 Å². The molecule has 1 amide bonds. The zero-order valence-electron chi connectivity index (χ0n) is 18.6. The lowest BCUT2D eigenvalue weighted by atomic mass is 10.1. The minimum absolute atomic E-state index is 0.0111. The van der Waals surface area contributed by atoms with Crippen LogP contribution in [0.2, 0.25) is 0 Å². The highest BCUT2D eigenvalue weighted by Crippen LogP contribution is 2.33. The zero-order valence-corrected chi connectivity index (χ0v) is 18.6. The van der Waals surface area contributed by atoms with Gasteiger partial charge in [0.2, 0.25) is 17.6 Å². The molecule has 2 heterocycles. The molecule has 10 heteroatoms. The number of nitrogens with one attached hydrogen (secondary N) is 1. The number of aromatic nitrogens is 2. The predicted octanol–water partition coefficient (Wildman–Crippen LogP) is 4.49. The van der Waals surface area contributed by atoms with Gasteiger partial charge >= 0.3 is 6.18 Å². The van der Waals surface area contributed by atoms with Crippen LogP contribution < -0.4 is 15.0 Å². The molecule has 1 aromatic heterocycles. The van der Waals surface area contributed by atoms with Crippen LogP contribution in [0.5, 0.6) is 11.6 Å². The summed E-state index contributed by atoms with van der Waals surface area (Å²) in [5.74, 6) is -1.53. The summed E-state index contributed by atoms with van der Waals surface area (Å²) in [5, 5.41) is 11.7. The van der Waals surface area contributed by atoms with Crippen molar-refractivity contribution in [1.82, 2.24) is 15.3 Å². The van der Waals surface area contributed by atoms with E-state index in [4.69, 9.17) is 10.00 Å². The molecule has 0 radical (unpaired) electrons. The summed E-state index contributed by atoms with van der Waals surface area (Å²) in [6.45, 7) is 0.738. The molecule has 0 unspecified atom stereocenters. The predicted molar refractivity (Wildman–Crippen MR) is 122 cm³/mol. The number of nitrogens with zero attached hydrogens (tertiary/aromatic N) is 4. The van der Waals surface area contributed by atoms with Crippen molar-refractivity contribution in [3.05, 3.63) is 77.6 Å². The van der Waals surface area contributed by atoms with Gasteiger partial charge in [0.25, 0.3) is 0 Å². The fourth-order valence-corrected chi connectivity index (χ4v) is 3.86. The van der Waals surface area contributed by atoms with Gasteiger partial charge in [-0.3, -0.25) is 4.79 Å². The lowest BCUT2D eigenvalue weighted by molar-refractivity contribution is -0.145. The second-order valence-electron chi connectivity index (χ2n) is 8.00. The monoisotopic (exact) mass is 481 g/mol. The van der Waals surface area contributed by atoms with Crippen LogP contribution in [0.3, 0.4) is 0 Å². The largest absolute Gasteiger partial charge is 0.451 e. The van der Waals surface area contributed by atoms with E-state index in [1.54, 1.807) is 47.4 Å². The summed E-state index contributed by atoms with van der Waals surface area (Å²) in [4.78, 5) is 21.7. The molecule has 2 aromatic carbocycles. The SMILES string of the molecule is N#Cc1ccc(CCNC(=O)[C@@H]2CCCN2c2cc(Oc3ccccc3)nc(C(F)(F)F)n2)cc1. The van der Waals surface area contributed by atoms with Crippen LogP contribution in [0.1, 0.15) is 29.8 Å². The first-order valence-corrected chi connectivity index (χ1v) is 11.1. The Morgan fingerprint density at radius 3 is 2.57 bits per heavy atom. The van der Waals surface area contributed by atoms with Gasteiger partial charge in [-0.05, 0) is 49.1 Å². The fraction of sp³-hybridized carbons (Fsp3) is 0.280. The van der Waals surface area contributed by atoms with Crippen LogP contribution in [0.25, 0.3) is 0 Å². The molecule has 1 N–H and O–H groups in total. The maximum absolute atomic E-state index is 13.5. The first-order valence-electron chi connectivity index (χ1n) is 11.1. The van der Waals surface area contributed by atoms with E-state index in [0.29, 0.717) is 43.7 Å². The molecular formula is C25H22F3N5O2. The number of para-hydroxylation sites is 1. The van der Waals surface area contributed by atoms with Crippen molar-refractivity contribution in [3.63, 3.8) is 0 Å². The third kappa shape index (κ3) is 6.06. The number of carbonyl (C=O) groups excluding carboxylic acids is 1. The van der Waals surface area contributed by atoms with E-state index in [1.807, 2.05) is 12.1 Å². The second kappa shape index (κ2) is 10.4. The molecule has 3 aromatic rings. The number of benzene rings is 2.